The average Bonchev–Trinajstić information content (AvgIpc) is 2.72. The highest BCUT2D eigenvalue weighted by Crippen LogP contribution is 2.46. The van der Waals surface area contributed by atoms with E-state index in [4.69, 9.17) is 4.74 Å². The third kappa shape index (κ3) is 4.40. The summed E-state index contributed by atoms with van der Waals surface area (Å²) in [6, 6.07) is 8.55. The fourth-order valence-electron chi connectivity index (χ4n) is 3.72. The quantitative estimate of drug-likeness (QED) is 0.645. The van der Waals surface area contributed by atoms with Crippen molar-refractivity contribution in [1.82, 2.24) is 0 Å². The second-order valence-electron chi connectivity index (χ2n) is 7.86. The molecule has 2 aromatic rings. The molecule has 1 heterocycles. The largest absolute Gasteiger partial charge is 0.416 e. The van der Waals surface area contributed by atoms with Crippen LogP contribution in [-0.2, 0) is 35.5 Å². The Bertz CT molecular complexity index is 1300. The summed E-state index contributed by atoms with van der Waals surface area (Å²) in [5.41, 5.74) is -1.36. The molecule has 6 nitrogen and oxygen atoms in total. The van der Waals surface area contributed by atoms with E-state index in [1.165, 1.54) is 6.07 Å². The molecule has 2 unspecified atom stereocenters. The maximum atomic E-state index is 13.8. The lowest BCUT2D eigenvalue weighted by Gasteiger charge is -2.40. The minimum Gasteiger partial charge on any atom is -0.354 e. The second-order valence-corrected chi connectivity index (χ2v) is 12.0. The molecule has 1 aliphatic heterocycles. The van der Waals surface area contributed by atoms with E-state index < -0.39 is 41.2 Å². The van der Waals surface area contributed by atoms with Gasteiger partial charge < -0.3 is 4.74 Å². The van der Waals surface area contributed by atoms with E-state index in [9.17, 15) is 35.3 Å². The third-order valence-corrected chi connectivity index (χ3v) is 8.73. The van der Waals surface area contributed by atoms with Gasteiger partial charge in [-0.3, -0.25) is 0 Å². The maximum Gasteiger partial charge on any atom is 0.416 e. The lowest BCUT2D eigenvalue weighted by molar-refractivity contribution is -0.137. The second kappa shape index (κ2) is 8.17. The molecular weight excluding hydrogens is 467 g/mol. The molecule has 172 valence electrons. The predicted octanol–water partition coefficient (Wildman–Crippen LogP) is 4.05. The zero-order valence-corrected chi connectivity index (χ0v) is 18.8. The van der Waals surface area contributed by atoms with Gasteiger partial charge in [-0.25, -0.2) is 16.8 Å². The van der Waals surface area contributed by atoms with Crippen molar-refractivity contribution in [2.75, 3.05) is 12.9 Å². The number of benzene rings is 2. The molecule has 1 aliphatic rings. The molecule has 0 amide bonds. The Kier molecular flexibility index (Phi) is 6.19. The molecule has 32 heavy (non-hydrogen) atoms. The Morgan fingerprint density at radius 3 is 2.34 bits per heavy atom. The van der Waals surface area contributed by atoms with Crippen molar-refractivity contribution in [3.05, 3.63) is 59.2 Å². The monoisotopic (exact) mass is 487 g/mol. The standard InChI is InChI=1S/C21H20F3NO5S2/c1-14-6-7-30-20(12-14,17-8-15(13-25)9-19(11-17)31(2,26)27)32(28,29)18-5-3-4-16(10-18)21(22,23)24/h3-5,8-11,14H,6-7,12H2,1-2H3. The van der Waals surface area contributed by atoms with Gasteiger partial charge in [0.15, 0.2) is 14.8 Å². The molecule has 0 aliphatic carbocycles. The van der Waals surface area contributed by atoms with Crippen LogP contribution in [0.5, 0.6) is 0 Å². The summed E-state index contributed by atoms with van der Waals surface area (Å²) in [4.78, 5) is -3.04. The summed E-state index contributed by atoms with van der Waals surface area (Å²) in [6.45, 7) is 1.76. The third-order valence-electron chi connectivity index (χ3n) is 5.37. The van der Waals surface area contributed by atoms with Crippen LogP contribution in [0.15, 0.2) is 52.3 Å². The van der Waals surface area contributed by atoms with Gasteiger partial charge in [0.2, 0.25) is 9.84 Å². The van der Waals surface area contributed by atoms with Crippen LogP contribution in [0.1, 0.15) is 36.5 Å². The number of hydrogen-bond donors (Lipinski definition) is 0. The Hall–Kier alpha value is -2.42. The molecule has 0 aromatic heterocycles. The highest BCUT2D eigenvalue weighted by Gasteiger charge is 2.51. The number of rotatable bonds is 4. The van der Waals surface area contributed by atoms with Crippen molar-refractivity contribution < 1.29 is 34.7 Å². The van der Waals surface area contributed by atoms with Crippen molar-refractivity contribution >= 4 is 19.7 Å². The minimum absolute atomic E-state index is 0.00958. The van der Waals surface area contributed by atoms with E-state index in [0.717, 1.165) is 36.6 Å². The lowest BCUT2D eigenvalue weighted by Crippen LogP contribution is -2.44. The van der Waals surface area contributed by atoms with Crippen molar-refractivity contribution in [1.29, 1.82) is 5.26 Å². The molecule has 11 heteroatoms. The number of halogens is 3. The zero-order chi connectivity index (χ0) is 23.9. The van der Waals surface area contributed by atoms with Crippen molar-refractivity contribution in [3.8, 4) is 6.07 Å². The Balaban J connectivity index is 2.33. The van der Waals surface area contributed by atoms with Crippen LogP contribution < -0.4 is 0 Å². The molecule has 3 rings (SSSR count). The first kappa shape index (κ1) is 24.2. The van der Waals surface area contributed by atoms with E-state index in [0.29, 0.717) is 12.5 Å². The van der Waals surface area contributed by atoms with Gasteiger partial charge in [0.05, 0.1) is 27.0 Å². The molecule has 2 aromatic carbocycles. The molecule has 1 saturated heterocycles. The van der Waals surface area contributed by atoms with E-state index in [-0.39, 0.29) is 35.0 Å². The zero-order valence-electron chi connectivity index (χ0n) is 17.2. The van der Waals surface area contributed by atoms with Crippen LogP contribution in [0.4, 0.5) is 13.2 Å². The fourth-order valence-corrected chi connectivity index (χ4v) is 6.49. The summed E-state index contributed by atoms with van der Waals surface area (Å²) in [6.07, 6.45) is -3.46. The summed E-state index contributed by atoms with van der Waals surface area (Å²) in [5, 5.41) is 9.37. The predicted molar refractivity (Wildman–Crippen MR) is 109 cm³/mol. The molecule has 0 N–H and O–H groups in total. The molecule has 0 bridgehead atoms. The number of alkyl halides is 3. The van der Waals surface area contributed by atoms with Crippen LogP contribution in [0, 0.1) is 17.2 Å². The van der Waals surface area contributed by atoms with Crippen LogP contribution in [-0.4, -0.2) is 29.7 Å². The van der Waals surface area contributed by atoms with Gasteiger partial charge in [-0.15, -0.1) is 0 Å². The van der Waals surface area contributed by atoms with Gasteiger partial charge in [-0.2, -0.15) is 18.4 Å². The van der Waals surface area contributed by atoms with Crippen molar-refractivity contribution in [2.45, 2.75) is 40.7 Å². The first-order chi connectivity index (χ1) is 14.7. The van der Waals surface area contributed by atoms with Crippen LogP contribution in [0.25, 0.3) is 0 Å². The SMILES string of the molecule is CC1CCOC(c2cc(C#N)cc(S(C)(=O)=O)c2)(S(=O)(=O)c2cccc(C(F)(F)F)c2)C1. The topological polar surface area (TPSA) is 101 Å². The highest BCUT2D eigenvalue weighted by atomic mass is 32.2. The number of ether oxygens (including phenoxy) is 1. The number of nitrogens with zero attached hydrogens (tertiary/aromatic N) is 1. The Morgan fingerprint density at radius 1 is 1.09 bits per heavy atom. The average molecular weight is 488 g/mol. The van der Waals surface area contributed by atoms with E-state index in [1.807, 2.05) is 0 Å². The summed E-state index contributed by atoms with van der Waals surface area (Å²) in [5.74, 6) is -0.197. The first-order valence-corrected chi connectivity index (χ1v) is 12.9. The maximum absolute atomic E-state index is 13.8. The summed E-state index contributed by atoms with van der Waals surface area (Å²) < 4.78 is 97.3. The summed E-state index contributed by atoms with van der Waals surface area (Å²) in [7, 11) is -8.43. The minimum atomic E-state index is -4.76. The smallest absolute Gasteiger partial charge is 0.354 e. The fraction of sp³-hybridized carbons (Fsp3) is 0.381. The van der Waals surface area contributed by atoms with E-state index in [2.05, 4.69) is 0 Å². The summed E-state index contributed by atoms with van der Waals surface area (Å²) >= 11 is 0. The molecule has 2 atom stereocenters. The highest BCUT2D eigenvalue weighted by molar-refractivity contribution is 7.92. The van der Waals surface area contributed by atoms with Crippen molar-refractivity contribution in [3.63, 3.8) is 0 Å². The van der Waals surface area contributed by atoms with Gasteiger partial charge in [-0.1, -0.05) is 13.0 Å². The van der Waals surface area contributed by atoms with Crippen LogP contribution in [0.3, 0.4) is 0 Å². The lowest BCUT2D eigenvalue weighted by atomic mass is 9.92. The normalized spacial score (nSPS) is 22.3. The van der Waals surface area contributed by atoms with Gasteiger partial charge in [0, 0.05) is 18.4 Å². The molecular formula is C21H20F3NO5S2. The van der Waals surface area contributed by atoms with Gasteiger partial charge >= 0.3 is 6.18 Å². The number of nitriles is 1. The number of sulfone groups is 2. The first-order valence-electron chi connectivity index (χ1n) is 9.52. The molecule has 0 radical (unpaired) electrons. The van der Waals surface area contributed by atoms with Gasteiger partial charge in [-0.05, 0) is 55.2 Å². The Morgan fingerprint density at radius 2 is 1.78 bits per heavy atom. The molecule has 0 spiro atoms. The Labute approximate surface area is 184 Å². The van der Waals surface area contributed by atoms with E-state index in [1.54, 1.807) is 13.0 Å². The van der Waals surface area contributed by atoms with Gasteiger partial charge in [0.1, 0.15) is 0 Å². The van der Waals surface area contributed by atoms with Crippen LogP contribution in [0.2, 0.25) is 0 Å². The molecule has 1 fully saturated rings. The van der Waals surface area contributed by atoms with Crippen LogP contribution >= 0.6 is 0 Å². The number of hydrogen-bond acceptors (Lipinski definition) is 6. The molecule has 0 saturated carbocycles. The van der Waals surface area contributed by atoms with E-state index >= 15 is 0 Å². The van der Waals surface area contributed by atoms with Crippen molar-refractivity contribution in [2.24, 2.45) is 5.92 Å². The van der Waals surface area contributed by atoms with Gasteiger partial charge in [0.25, 0.3) is 0 Å².